The predicted molar refractivity (Wildman–Crippen MR) is 79.1 cm³/mol. The van der Waals surface area contributed by atoms with Crippen molar-refractivity contribution < 1.29 is 13.5 Å². The molecule has 2 aromatic rings. The molecule has 2 N–H and O–H groups in total. The maximum Gasteiger partial charge on any atom is 0.261 e. The van der Waals surface area contributed by atoms with E-state index in [9.17, 15) is 13.5 Å². The summed E-state index contributed by atoms with van der Waals surface area (Å²) >= 11 is 0. The molecule has 2 rings (SSSR count). The Balaban J connectivity index is 2.45. The summed E-state index contributed by atoms with van der Waals surface area (Å²) in [5.41, 5.74) is 1.84. The molecule has 0 aliphatic heterocycles. The van der Waals surface area contributed by atoms with Crippen molar-refractivity contribution >= 4 is 15.7 Å². The van der Waals surface area contributed by atoms with Gasteiger partial charge in [-0.05, 0) is 30.7 Å². The fourth-order valence-electron chi connectivity index (χ4n) is 1.93. The maximum atomic E-state index is 12.4. The minimum atomic E-state index is -3.81. The smallest absolute Gasteiger partial charge is 0.261 e. The summed E-state index contributed by atoms with van der Waals surface area (Å²) < 4.78 is 27.3. The Labute approximate surface area is 123 Å². The van der Waals surface area contributed by atoms with Crippen molar-refractivity contribution in [3.05, 3.63) is 59.2 Å². The van der Waals surface area contributed by atoms with E-state index in [1.165, 1.54) is 24.3 Å². The lowest BCUT2D eigenvalue weighted by Gasteiger charge is -2.14. The quantitative estimate of drug-likeness (QED) is 0.905. The van der Waals surface area contributed by atoms with Crippen LogP contribution in [0.1, 0.15) is 16.7 Å². The molecule has 108 valence electrons. The molecule has 0 aromatic heterocycles. The van der Waals surface area contributed by atoms with E-state index in [1.54, 1.807) is 25.1 Å². The number of rotatable bonds is 4. The monoisotopic (exact) mass is 302 g/mol. The molecule has 0 amide bonds. The highest BCUT2D eigenvalue weighted by Crippen LogP contribution is 2.24. The Kier molecular flexibility index (Phi) is 4.26. The van der Waals surface area contributed by atoms with Crippen LogP contribution in [-0.4, -0.2) is 13.5 Å². The molecule has 0 bridgehead atoms. The third kappa shape index (κ3) is 3.21. The average molecular weight is 302 g/mol. The molecule has 21 heavy (non-hydrogen) atoms. The van der Waals surface area contributed by atoms with Crippen LogP contribution in [0.5, 0.6) is 0 Å². The topological polar surface area (TPSA) is 90.2 Å². The van der Waals surface area contributed by atoms with Crippen LogP contribution in [0, 0.1) is 18.3 Å². The van der Waals surface area contributed by atoms with Crippen molar-refractivity contribution in [2.45, 2.75) is 18.4 Å². The first-order valence-corrected chi connectivity index (χ1v) is 7.68. The zero-order chi connectivity index (χ0) is 15.5. The van der Waals surface area contributed by atoms with E-state index in [0.717, 1.165) is 0 Å². The van der Waals surface area contributed by atoms with Gasteiger partial charge in [-0.25, -0.2) is 8.42 Å². The van der Waals surface area contributed by atoms with Gasteiger partial charge in [-0.3, -0.25) is 4.72 Å². The van der Waals surface area contributed by atoms with Gasteiger partial charge in [-0.15, -0.1) is 0 Å². The summed E-state index contributed by atoms with van der Waals surface area (Å²) in [7, 11) is -3.81. The van der Waals surface area contributed by atoms with Crippen molar-refractivity contribution in [1.82, 2.24) is 0 Å². The van der Waals surface area contributed by atoms with Gasteiger partial charge in [0.2, 0.25) is 0 Å². The fraction of sp³-hybridized carbons (Fsp3) is 0.133. The standard InChI is InChI=1S/C15H14N2O3S/c1-11-4-2-6-13(10-18)15(11)17-21(19,20)14-7-3-5-12(8-14)9-16/h2-8,17-18H,10H2,1H3. The number of aliphatic hydroxyl groups is 1. The lowest BCUT2D eigenvalue weighted by Crippen LogP contribution is -2.15. The maximum absolute atomic E-state index is 12.4. The van der Waals surface area contributed by atoms with Gasteiger partial charge in [0.1, 0.15) is 0 Å². The number of para-hydroxylation sites is 1. The number of aliphatic hydroxyl groups excluding tert-OH is 1. The van der Waals surface area contributed by atoms with Crippen LogP contribution < -0.4 is 4.72 Å². The molecule has 0 fully saturated rings. The van der Waals surface area contributed by atoms with Crippen molar-refractivity contribution in [1.29, 1.82) is 5.26 Å². The van der Waals surface area contributed by atoms with Gasteiger partial charge < -0.3 is 5.11 Å². The van der Waals surface area contributed by atoms with Crippen LogP contribution in [0.25, 0.3) is 0 Å². The Morgan fingerprint density at radius 1 is 1.24 bits per heavy atom. The molecular weight excluding hydrogens is 288 g/mol. The molecule has 0 aliphatic rings. The average Bonchev–Trinajstić information content (AvgIpc) is 2.49. The summed E-state index contributed by atoms with van der Waals surface area (Å²) in [5.74, 6) is 0. The number of hydrogen-bond acceptors (Lipinski definition) is 4. The molecule has 0 atom stereocenters. The van der Waals surface area contributed by atoms with Crippen molar-refractivity contribution in [2.75, 3.05) is 4.72 Å². The molecular formula is C15H14N2O3S. The van der Waals surface area contributed by atoms with Gasteiger partial charge in [-0.2, -0.15) is 5.26 Å². The first-order valence-electron chi connectivity index (χ1n) is 6.20. The second-order valence-corrected chi connectivity index (χ2v) is 6.19. The first-order chi connectivity index (χ1) is 9.97. The summed E-state index contributed by atoms with van der Waals surface area (Å²) in [5, 5.41) is 18.2. The molecule has 0 aliphatic carbocycles. The Hall–Kier alpha value is -2.36. The molecule has 0 saturated heterocycles. The third-order valence-corrected chi connectivity index (χ3v) is 4.39. The van der Waals surface area contributed by atoms with Crippen LogP contribution in [0.2, 0.25) is 0 Å². The minimum absolute atomic E-state index is 0.00805. The largest absolute Gasteiger partial charge is 0.392 e. The van der Waals surface area contributed by atoms with E-state index in [-0.39, 0.29) is 17.1 Å². The minimum Gasteiger partial charge on any atom is -0.392 e. The number of nitrogens with zero attached hydrogens (tertiary/aromatic N) is 1. The fourth-order valence-corrected chi connectivity index (χ4v) is 3.15. The summed E-state index contributed by atoms with van der Waals surface area (Å²) in [6.45, 7) is 1.49. The number of aryl methyl sites for hydroxylation is 1. The molecule has 5 nitrogen and oxygen atoms in total. The Morgan fingerprint density at radius 3 is 2.62 bits per heavy atom. The predicted octanol–water partition coefficient (Wildman–Crippen LogP) is 2.16. The lowest BCUT2D eigenvalue weighted by atomic mass is 10.1. The van der Waals surface area contributed by atoms with Crippen LogP contribution in [-0.2, 0) is 16.6 Å². The summed E-state index contributed by atoms with van der Waals surface area (Å²) in [6, 6.07) is 12.8. The van der Waals surface area contributed by atoms with E-state index < -0.39 is 10.0 Å². The van der Waals surface area contributed by atoms with Crippen LogP contribution in [0.3, 0.4) is 0 Å². The highest BCUT2D eigenvalue weighted by molar-refractivity contribution is 7.92. The summed E-state index contributed by atoms with van der Waals surface area (Å²) in [4.78, 5) is 0.00805. The number of nitrogens with one attached hydrogen (secondary N) is 1. The molecule has 0 saturated carbocycles. The highest BCUT2D eigenvalue weighted by atomic mass is 32.2. The van der Waals surface area contributed by atoms with Crippen molar-refractivity contribution in [3.8, 4) is 6.07 Å². The normalized spacial score (nSPS) is 10.9. The molecule has 2 aromatic carbocycles. The molecule has 0 unspecified atom stereocenters. The van der Waals surface area contributed by atoms with Crippen LogP contribution in [0.4, 0.5) is 5.69 Å². The second-order valence-electron chi connectivity index (χ2n) is 4.51. The van der Waals surface area contributed by atoms with Gasteiger partial charge in [0.05, 0.1) is 28.8 Å². The number of anilines is 1. The lowest BCUT2D eigenvalue weighted by molar-refractivity contribution is 0.282. The molecule has 0 heterocycles. The Morgan fingerprint density at radius 2 is 1.95 bits per heavy atom. The van der Waals surface area contributed by atoms with E-state index >= 15 is 0 Å². The van der Waals surface area contributed by atoms with Gasteiger partial charge in [0, 0.05) is 5.56 Å². The number of nitriles is 1. The van der Waals surface area contributed by atoms with Crippen molar-refractivity contribution in [2.24, 2.45) is 0 Å². The van der Waals surface area contributed by atoms with Gasteiger partial charge in [0.15, 0.2) is 0 Å². The SMILES string of the molecule is Cc1cccc(CO)c1NS(=O)(=O)c1cccc(C#N)c1. The molecule has 0 spiro atoms. The first kappa shape index (κ1) is 15.0. The van der Waals surface area contributed by atoms with Gasteiger partial charge in [0.25, 0.3) is 10.0 Å². The number of benzene rings is 2. The van der Waals surface area contributed by atoms with E-state index in [1.807, 2.05) is 6.07 Å². The van der Waals surface area contributed by atoms with Gasteiger partial charge in [-0.1, -0.05) is 24.3 Å². The number of sulfonamides is 1. The number of hydrogen-bond donors (Lipinski definition) is 2. The van der Waals surface area contributed by atoms with Crippen LogP contribution >= 0.6 is 0 Å². The molecule has 6 heteroatoms. The molecule has 0 radical (unpaired) electrons. The zero-order valence-electron chi connectivity index (χ0n) is 11.4. The highest BCUT2D eigenvalue weighted by Gasteiger charge is 2.17. The summed E-state index contributed by atoms with van der Waals surface area (Å²) in [6.07, 6.45) is 0. The van der Waals surface area contributed by atoms with E-state index in [2.05, 4.69) is 4.72 Å². The third-order valence-electron chi connectivity index (χ3n) is 3.04. The van der Waals surface area contributed by atoms with Crippen molar-refractivity contribution in [3.63, 3.8) is 0 Å². The van der Waals surface area contributed by atoms with E-state index in [0.29, 0.717) is 16.8 Å². The van der Waals surface area contributed by atoms with Gasteiger partial charge >= 0.3 is 0 Å². The zero-order valence-corrected chi connectivity index (χ0v) is 12.2. The van der Waals surface area contributed by atoms with E-state index in [4.69, 9.17) is 5.26 Å². The van der Waals surface area contributed by atoms with Crippen LogP contribution in [0.15, 0.2) is 47.4 Å². The Bertz CT molecular complexity index is 808. The second kappa shape index (κ2) is 5.95.